The number of hydrogen-bond acceptors (Lipinski definition) is 2. The van der Waals surface area contributed by atoms with Crippen molar-refractivity contribution in [2.24, 2.45) is 0 Å². The van der Waals surface area contributed by atoms with E-state index in [2.05, 4.69) is 5.32 Å². The van der Waals surface area contributed by atoms with Crippen LogP contribution in [-0.4, -0.2) is 32.1 Å². The number of benzene rings is 2. The summed E-state index contributed by atoms with van der Waals surface area (Å²) in [6.45, 7) is 0. The number of amides is 2. The maximum Gasteiger partial charge on any atom is 0.321 e. The average molecular weight is 270 g/mol. The zero-order valence-electron chi connectivity index (χ0n) is 11.9. The van der Waals surface area contributed by atoms with E-state index in [0.29, 0.717) is 0 Å². The molecule has 1 N–H and O–H groups in total. The van der Waals surface area contributed by atoms with Crippen LogP contribution in [-0.2, 0) is 0 Å². The van der Waals surface area contributed by atoms with Crippen LogP contribution in [0.1, 0.15) is 0 Å². The smallest absolute Gasteiger partial charge is 0.321 e. The molecule has 2 aromatic carbocycles. The quantitative estimate of drug-likeness (QED) is 0.928. The van der Waals surface area contributed by atoms with Gasteiger partial charge in [0.25, 0.3) is 0 Å². The number of ether oxygens (including phenoxy) is 1. The van der Waals surface area contributed by atoms with E-state index in [1.54, 1.807) is 21.2 Å². The second kappa shape index (κ2) is 6.10. The minimum atomic E-state index is -0.147. The van der Waals surface area contributed by atoms with Crippen molar-refractivity contribution in [1.82, 2.24) is 4.90 Å². The van der Waals surface area contributed by atoms with Crippen LogP contribution in [0.5, 0.6) is 5.75 Å². The molecule has 4 nitrogen and oxygen atoms in total. The number of carbonyl (C=O) groups excluding carboxylic acids is 1. The lowest BCUT2D eigenvalue weighted by Gasteiger charge is -2.15. The first-order chi connectivity index (χ1) is 9.61. The van der Waals surface area contributed by atoms with Crippen LogP contribution in [0.2, 0.25) is 0 Å². The van der Waals surface area contributed by atoms with Gasteiger partial charge in [-0.25, -0.2) is 4.79 Å². The summed E-state index contributed by atoms with van der Waals surface area (Å²) in [5.41, 5.74) is 2.79. The first kappa shape index (κ1) is 13.9. The number of nitrogens with one attached hydrogen (secondary N) is 1. The third-order valence-electron chi connectivity index (χ3n) is 2.98. The van der Waals surface area contributed by atoms with Crippen molar-refractivity contribution in [2.45, 2.75) is 0 Å². The van der Waals surface area contributed by atoms with E-state index in [-0.39, 0.29) is 6.03 Å². The van der Waals surface area contributed by atoms with Gasteiger partial charge in [-0.1, -0.05) is 30.3 Å². The van der Waals surface area contributed by atoms with Gasteiger partial charge >= 0.3 is 6.03 Å². The summed E-state index contributed by atoms with van der Waals surface area (Å²) >= 11 is 0. The summed E-state index contributed by atoms with van der Waals surface area (Å²) in [6.07, 6.45) is 0. The Bertz CT molecular complexity index is 592. The second-order valence-electron chi connectivity index (χ2n) is 4.60. The lowest BCUT2D eigenvalue weighted by atomic mass is 10.0. The minimum Gasteiger partial charge on any atom is -0.497 e. The zero-order valence-corrected chi connectivity index (χ0v) is 11.9. The van der Waals surface area contributed by atoms with Gasteiger partial charge in [0.05, 0.1) is 12.8 Å². The van der Waals surface area contributed by atoms with Gasteiger partial charge in [0.15, 0.2) is 0 Å². The topological polar surface area (TPSA) is 41.6 Å². The van der Waals surface area contributed by atoms with Crippen molar-refractivity contribution < 1.29 is 9.53 Å². The standard InChI is InChI=1S/C16H18N2O2/c1-18(2)16(19)17-15-7-5-4-6-14(15)12-8-10-13(20-3)11-9-12/h4-11H,1-3H3,(H,17,19). The number of anilines is 1. The normalized spacial score (nSPS) is 9.95. The van der Waals surface area contributed by atoms with Crippen molar-refractivity contribution >= 4 is 11.7 Å². The number of urea groups is 1. The summed E-state index contributed by atoms with van der Waals surface area (Å²) in [7, 11) is 5.07. The second-order valence-corrected chi connectivity index (χ2v) is 4.60. The van der Waals surface area contributed by atoms with E-state index in [9.17, 15) is 4.79 Å². The molecule has 2 amide bonds. The predicted molar refractivity (Wildman–Crippen MR) is 81.1 cm³/mol. The summed E-state index contributed by atoms with van der Waals surface area (Å²) in [5, 5.41) is 2.89. The van der Waals surface area contributed by atoms with E-state index in [4.69, 9.17) is 4.74 Å². The molecule has 0 radical (unpaired) electrons. The van der Waals surface area contributed by atoms with Gasteiger partial charge in [-0.2, -0.15) is 0 Å². The first-order valence-electron chi connectivity index (χ1n) is 6.33. The fraction of sp³-hybridized carbons (Fsp3) is 0.188. The monoisotopic (exact) mass is 270 g/mol. The molecule has 0 saturated heterocycles. The summed E-state index contributed by atoms with van der Waals surface area (Å²) in [5.74, 6) is 0.809. The van der Waals surface area contributed by atoms with Crippen molar-refractivity contribution in [1.29, 1.82) is 0 Å². The molecule has 0 heterocycles. The highest BCUT2D eigenvalue weighted by Crippen LogP contribution is 2.29. The number of carbonyl (C=O) groups is 1. The van der Waals surface area contributed by atoms with Gasteiger partial charge in [-0.05, 0) is 23.8 Å². The van der Waals surface area contributed by atoms with Crippen molar-refractivity contribution in [3.63, 3.8) is 0 Å². The third-order valence-corrected chi connectivity index (χ3v) is 2.98. The Labute approximate surface area is 119 Å². The Kier molecular flexibility index (Phi) is 4.25. The maximum absolute atomic E-state index is 11.8. The summed E-state index contributed by atoms with van der Waals surface area (Å²) in [6, 6.07) is 15.3. The molecule has 0 atom stereocenters. The Hall–Kier alpha value is -2.49. The molecule has 0 fully saturated rings. The van der Waals surface area contributed by atoms with E-state index in [1.165, 1.54) is 4.90 Å². The van der Waals surface area contributed by atoms with E-state index < -0.39 is 0 Å². The lowest BCUT2D eigenvalue weighted by molar-refractivity contribution is 0.230. The number of nitrogens with zero attached hydrogens (tertiary/aromatic N) is 1. The third kappa shape index (κ3) is 3.09. The fourth-order valence-corrected chi connectivity index (χ4v) is 1.84. The van der Waals surface area contributed by atoms with Gasteiger partial charge in [0, 0.05) is 19.7 Å². The van der Waals surface area contributed by atoms with Gasteiger partial charge in [0.1, 0.15) is 5.75 Å². The Morgan fingerprint density at radius 1 is 1.05 bits per heavy atom. The van der Waals surface area contributed by atoms with Crippen molar-refractivity contribution in [2.75, 3.05) is 26.5 Å². The van der Waals surface area contributed by atoms with E-state index in [1.807, 2.05) is 48.5 Å². The molecule has 104 valence electrons. The highest BCUT2D eigenvalue weighted by molar-refractivity contribution is 5.94. The molecular formula is C16H18N2O2. The van der Waals surface area contributed by atoms with Gasteiger partial charge in [-0.3, -0.25) is 0 Å². The van der Waals surface area contributed by atoms with Gasteiger partial charge in [0.2, 0.25) is 0 Å². The Balaban J connectivity index is 2.33. The van der Waals surface area contributed by atoms with Crippen molar-refractivity contribution in [3.05, 3.63) is 48.5 Å². The summed E-state index contributed by atoms with van der Waals surface area (Å²) < 4.78 is 5.15. The maximum atomic E-state index is 11.8. The fourth-order valence-electron chi connectivity index (χ4n) is 1.84. The summed E-state index contributed by atoms with van der Waals surface area (Å²) in [4.78, 5) is 13.3. The molecule has 0 spiro atoms. The molecule has 0 bridgehead atoms. The van der Waals surface area contributed by atoms with Gasteiger partial charge in [-0.15, -0.1) is 0 Å². The van der Waals surface area contributed by atoms with Crippen LogP contribution in [0.25, 0.3) is 11.1 Å². The Morgan fingerprint density at radius 3 is 2.30 bits per heavy atom. The zero-order chi connectivity index (χ0) is 14.5. The average Bonchev–Trinajstić information content (AvgIpc) is 2.48. The molecule has 2 rings (SSSR count). The molecule has 4 heteroatoms. The lowest BCUT2D eigenvalue weighted by Crippen LogP contribution is -2.27. The van der Waals surface area contributed by atoms with Crippen LogP contribution in [0.4, 0.5) is 10.5 Å². The minimum absolute atomic E-state index is 0.147. The highest BCUT2D eigenvalue weighted by Gasteiger charge is 2.09. The van der Waals surface area contributed by atoms with Crippen molar-refractivity contribution in [3.8, 4) is 16.9 Å². The largest absolute Gasteiger partial charge is 0.497 e. The van der Waals surface area contributed by atoms with Crippen LogP contribution in [0, 0.1) is 0 Å². The number of methoxy groups -OCH3 is 1. The molecular weight excluding hydrogens is 252 g/mol. The molecule has 0 aliphatic heterocycles. The molecule has 0 aromatic heterocycles. The van der Waals surface area contributed by atoms with Crippen LogP contribution in [0.3, 0.4) is 0 Å². The number of para-hydroxylation sites is 1. The highest BCUT2D eigenvalue weighted by atomic mass is 16.5. The Morgan fingerprint density at radius 2 is 1.70 bits per heavy atom. The molecule has 0 aliphatic carbocycles. The van der Waals surface area contributed by atoms with E-state index in [0.717, 1.165) is 22.6 Å². The molecule has 20 heavy (non-hydrogen) atoms. The van der Waals surface area contributed by atoms with Crippen LogP contribution < -0.4 is 10.1 Å². The van der Waals surface area contributed by atoms with Crippen LogP contribution in [0.15, 0.2) is 48.5 Å². The first-order valence-corrected chi connectivity index (χ1v) is 6.33. The predicted octanol–water partition coefficient (Wildman–Crippen LogP) is 3.46. The molecule has 0 aliphatic rings. The number of rotatable bonds is 3. The molecule has 2 aromatic rings. The van der Waals surface area contributed by atoms with E-state index >= 15 is 0 Å². The van der Waals surface area contributed by atoms with Crippen LogP contribution >= 0.6 is 0 Å². The SMILES string of the molecule is COc1ccc(-c2ccccc2NC(=O)N(C)C)cc1. The molecule has 0 saturated carbocycles. The number of hydrogen-bond donors (Lipinski definition) is 1. The van der Waals surface area contributed by atoms with Gasteiger partial charge < -0.3 is 15.0 Å². The molecule has 0 unspecified atom stereocenters.